The van der Waals surface area contributed by atoms with Crippen LogP contribution >= 0.6 is 0 Å². The molecule has 0 aromatic heterocycles. The first-order valence-electron chi connectivity index (χ1n) is 4.97. The molecular formula is C12H15MoN. The predicted molar refractivity (Wildman–Crippen MR) is 56.7 cm³/mol. The van der Waals surface area contributed by atoms with E-state index in [1.807, 2.05) is 0 Å². The first kappa shape index (κ1) is 10.1. The fourth-order valence-electron chi connectivity index (χ4n) is 1.55. The number of rotatable bonds is 0. The molecule has 14 heavy (non-hydrogen) atoms. The fraction of sp³-hybridized carbons (Fsp3) is 0.417. The van der Waals surface area contributed by atoms with Gasteiger partial charge >= 0.3 is 93.4 Å². The van der Waals surface area contributed by atoms with Crippen LogP contribution in [-0.4, -0.2) is 4.40 Å². The normalized spacial score (nSPS) is 19.0. The molecule has 1 heterocycles. The number of hydrogen-bond acceptors (Lipinski definition) is 1. The van der Waals surface area contributed by atoms with Gasteiger partial charge < -0.3 is 0 Å². The molecule has 0 saturated heterocycles. The molecule has 0 fully saturated rings. The van der Waals surface area contributed by atoms with Crippen molar-refractivity contribution in [3.05, 3.63) is 29.8 Å². The van der Waals surface area contributed by atoms with Gasteiger partial charge in [0, 0.05) is 0 Å². The maximum absolute atomic E-state index is 4.72. The van der Waals surface area contributed by atoms with Crippen LogP contribution in [0.15, 0.2) is 27.8 Å². The van der Waals surface area contributed by atoms with Crippen molar-refractivity contribution < 1.29 is 17.9 Å². The van der Waals surface area contributed by atoms with Crippen molar-refractivity contribution in [2.24, 2.45) is 8.91 Å². The molecule has 0 amide bonds. The number of fused-ring (bicyclic) bond motifs is 1. The summed E-state index contributed by atoms with van der Waals surface area (Å²) in [5, 5.41) is 0. The zero-order chi connectivity index (χ0) is 10.0. The van der Waals surface area contributed by atoms with Crippen LogP contribution in [0, 0.1) is 5.41 Å². The fourth-order valence-corrected chi connectivity index (χ4v) is 3.39. The molecular weight excluding hydrogens is 254 g/mol. The Balaban J connectivity index is 2.45. The molecule has 0 atom stereocenters. The Hall–Kier alpha value is -0.422. The molecule has 0 saturated carbocycles. The first-order chi connectivity index (χ1) is 6.67. The van der Waals surface area contributed by atoms with Gasteiger partial charge in [-0.05, 0) is 0 Å². The van der Waals surface area contributed by atoms with Crippen LogP contribution in [0.5, 0.6) is 0 Å². The van der Waals surface area contributed by atoms with Crippen molar-refractivity contribution in [2.45, 2.75) is 26.7 Å². The maximum atomic E-state index is 4.72. The summed E-state index contributed by atoms with van der Waals surface area (Å²) >= 11 is -0.284. The van der Waals surface area contributed by atoms with Gasteiger partial charge in [0.05, 0.1) is 0 Å². The van der Waals surface area contributed by atoms with E-state index in [1.165, 1.54) is 17.7 Å². The van der Waals surface area contributed by atoms with Gasteiger partial charge in [0.25, 0.3) is 0 Å². The van der Waals surface area contributed by atoms with Crippen LogP contribution in [0.4, 0.5) is 5.69 Å². The second-order valence-electron chi connectivity index (χ2n) is 4.43. The Kier molecular flexibility index (Phi) is 2.88. The van der Waals surface area contributed by atoms with E-state index in [2.05, 4.69) is 42.5 Å². The van der Waals surface area contributed by atoms with Crippen LogP contribution in [0.3, 0.4) is 0 Å². The summed E-state index contributed by atoms with van der Waals surface area (Å²) in [5.41, 5.74) is 3.06. The molecule has 74 valence electrons. The SMILES string of the molecule is CC1(C)[CH]=[Mo]=[N]c2ccccc2CC1. The molecule has 1 aromatic rings. The molecule has 0 spiro atoms. The van der Waals surface area contributed by atoms with E-state index in [9.17, 15) is 0 Å². The van der Waals surface area contributed by atoms with Gasteiger partial charge in [-0.1, -0.05) is 0 Å². The van der Waals surface area contributed by atoms with Gasteiger partial charge in [-0.25, -0.2) is 0 Å². The van der Waals surface area contributed by atoms with Gasteiger partial charge in [0.15, 0.2) is 0 Å². The minimum absolute atomic E-state index is 0.284. The molecule has 0 unspecified atom stereocenters. The van der Waals surface area contributed by atoms with E-state index >= 15 is 0 Å². The summed E-state index contributed by atoms with van der Waals surface area (Å²) < 4.78 is 7.17. The molecule has 1 aliphatic heterocycles. The van der Waals surface area contributed by atoms with Crippen molar-refractivity contribution in [2.75, 3.05) is 0 Å². The summed E-state index contributed by atoms with van der Waals surface area (Å²) in [4.78, 5) is 0. The first-order valence-corrected chi connectivity index (χ1v) is 7.02. The second-order valence-corrected chi connectivity index (χ2v) is 5.98. The van der Waals surface area contributed by atoms with Crippen LogP contribution in [0.1, 0.15) is 25.8 Å². The van der Waals surface area contributed by atoms with Crippen molar-refractivity contribution >= 4 is 10.1 Å². The number of aryl methyl sites for hydroxylation is 1. The molecule has 1 aromatic carbocycles. The van der Waals surface area contributed by atoms with E-state index in [0.717, 1.165) is 6.42 Å². The average Bonchev–Trinajstić information content (AvgIpc) is 2.14. The average molecular weight is 269 g/mol. The van der Waals surface area contributed by atoms with Crippen LogP contribution in [0.2, 0.25) is 0 Å². The van der Waals surface area contributed by atoms with Crippen LogP contribution < -0.4 is 0 Å². The van der Waals surface area contributed by atoms with Crippen LogP contribution in [-0.2, 0) is 24.3 Å². The third kappa shape index (κ3) is 2.33. The molecule has 2 rings (SSSR count). The number of benzene rings is 1. The van der Waals surface area contributed by atoms with E-state index in [0.29, 0.717) is 5.41 Å². The van der Waals surface area contributed by atoms with Gasteiger partial charge in [-0.15, -0.1) is 0 Å². The monoisotopic (exact) mass is 271 g/mol. The molecule has 0 aliphatic carbocycles. The zero-order valence-electron chi connectivity index (χ0n) is 8.66. The summed E-state index contributed by atoms with van der Waals surface area (Å²) in [6, 6.07) is 8.56. The third-order valence-corrected chi connectivity index (χ3v) is 5.12. The van der Waals surface area contributed by atoms with E-state index in [4.69, 9.17) is 3.50 Å². The Morgan fingerprint density at radius 3 is 2.93 bits per heavy atom. The van der Waals surface area contributed by atoms with Crippen LogP contribution in [0.25, 0.3) is 0 Å². The topological polar surface area (TPSA) is 12.4 Å². The molecule has 0 N–H and O–H groups in total. The molecule has 0 bridgehead atoms. The minimum atomic E-state index is -0.284. The Bertz CT molecular complexity index is 401. The van der Waals surface area contributed by atoms with E-state index in [-0.39, 0.29) is 17.9 Å². The van der Waals surface area contributed by atoms with Crippen molar-refractivity contribution in [1.82, 2.24) is 0 Å². The van der Waals surface area contributed by atoms with Crippen molar-refractivity contribution in [3.63, 3.8) is 0 Å². The van der Waals surface area contributed by atoms with Gasteiger partial charge in [0.2, 0.25) is 0 Å². The molecule has 1 nitrogen and oxygen atoms in total. The summed E-state index contributed by atoms with van der Waals surface area (Å²) in [6.07, 6.45) is 2.42. The Morgan fingerprint density at radius 2 is 2.07 bits per heavy atom. The summed E-state index contributed by atoms with van der Waals surface area (Å²) in [7, 11) is 0. The molecule has 0 radical (unpaired) electrons. The van der Waals surface area contributed by atoms with Gasteiger partial charge in [0.1, 0.15) is 0 Å². The van der Waals surface area contributed by atoms with Gasteiger partial charge in [-0.3, -0.25) is 0 Å². The quantitative estimate of drug-likeness (QED) is 0.640. The van der Waals surface area contributed by atoms with Crippen molar-refractivity contribution in [3.8, 4) is 0 Å². The van der Waals surface area contributed by atoms with Gasteiger partial charge in [-0.2, -0.15) is 0 Å². The Labute approximate surface area is 93.4 Å². The molecule has 2 heteroatoms. The summed E-state index contributed by atoms with van der Waals surface area (Å²) in [5.74, 6) is 0. The predicted octanol–water partition coefficient (Wildman–Crippen LogP) is 3.36. The number of hydrogen-bond donors (Lipinski definition) is 0. The zero-order valence-corrected chi connectivity index (χ0v) is 10.7. The number of nitrogens with zero attached hydrogens (tertiary/aromatic N) is 1. The second kappa shape index (κ2) is 3.98. The third-order valence-electron chi connectivity index (χ3n) is 2.55. The summed E-state index contributed by atoms with van der Waals surface area (Å²) in [6.45, 7) is 4.64. The van der Waals surface area contributed by atoms with E-state index in [1.54, 1.807) is 0 Å². The Morgan fingerprint density at radius 1 is 1.29 bits per heavy atom. The standard InChI is InChI=1S/C12H15N.Mo/c1-12(2,3)9-8-10-6-4-5-7-11(10)13;/h1,4-7H,8-9H2,2-3H3;. The van der Waals surface area contributed by atoms with Crippen molar-refractivity contribution in [1.29, 1.82) is 0 Å². The molecule has 1 aliphatic rings. The van der Waals surface area contributed by atoms with E-state index < -0.39 is 0 Å².